The number of hydrogen-bond donors (Lipinski definition) is 0. The average Bonchev–Trinajstić information content (AvgIpc) is 2.80. The van der Waals surface area contributed by atoms with E-state index < -0.39 is 0 Å². The van der Waals surface area contributed by atoms with Crippen LogP contribution in [0.4, 0.5) is 0 Å². The SMILES string of the molecule is Clc1ccc2nnc(COc3cccnc3)n2c1. The van der Waals surface area contributed by atoms with E-state index in [0.29, 0.717) is 23.2 Å². The third-order valence-electron chi connectivity index (χ3n) is 2.44. The topological polar surface area (TPSA) is 52.3 Å². The van der Waals surface area contributed by atoms with Gasteiger partial charge in [-0.1, -0.05) is 11.6 Å². The molecule has 0 N–H and O–H groups in total. The molecule has 3 rings (SSSR count). The van der Waals surface area contributed by atoms with Crippen molar-refractivity contribution in [3.8, 4) is 5.75 Å². The summed E-state index contributed by atoms with van der Waals surface area (Å²) in [5, 5.41) is 8.72. The van der Waals surface area contributed by atoms with Crippen LogP contribution in [0.25, 0.3) is 5.65 Å². The summed E-state index contributed by atoms with van der Waals surface area (Å²) in [7, 11) is 0. The molecule has 0 aliphatic carbocycles. The van der Waals surface area contributed by atoms with Crippen molar-refractivity contribution in [3.05, 3.63) is 53.7 Å². The Labute approximate surface area is 108 Å². The zero-order valence-electron chi connectivity index (χ0n) is 9.32. The van der Waals surface area contributed by atoms with Gasteiger partial charge in [0.1, 0.15) is 12.4 Å². The maximum atomic E-state index is 5.94. The zero-order valence-corrected chi connectivity index (χ0v) is 10.1. The molecule has 5 nitrogen and oxygen atoms in total. The Morgan fingerprint density at radius 3 is 3.00 bits per heavy atom. The molecule has 3 aromatic heterocycles. The smallest absolute Gasteiger partial charge is 0.175 e. The number of rotatable bonds is 3. The second kappa shape index (κ2) is 4.62. The van der Waals surface area contributed by atoms with Gasteiger partial charge < -0.3 is 4.74 Å². The van der Waals surface area contributed by atoms with Crippen molar-refractivity contribution in [2.24, 2.45) is 0 Å². The number of halogens is 1. The minimum absolute atomic E-state index is 0.313. The lowest BCUT2D eigenvalue weighted by Gasteiger charge is -2.04. The predicted molar refractivity (Wildman–Crippen MR) is 66.6 cm³/mol. The fraction of sp³-hybridized carbons (Fsp3) is 0.0833. The van der Waals surface area contributed by atoms with Gasteiger partial charge in [-0.2, -0.15) is 0 Å². The third-order valence-corrected chi connectivity index (χ3v) is 2.66. The normalized spacial score (nSPS) is 10.7. The second-order valence-corrected chi connectivity index (χ2v) is 4.11. The minimum atomic E-state index is 0.313. The Morgan fingerprint density at radius 2 is 2.17 bits per heavy atom. The number of hydrogen-bond acceptors (Lipinski definition) is 4. The van der Waals surface area contributed by atoms with Gasteiger partial charge in [-0.3, -0.25) is 9.38 Å². The maximum Gasteiger partial charge on any atom is 0.175 e. The Balaban J connectivity index is 1.85. The summed E-state index contributed by atoms with van der Waals surface area (Å²) >= 11 is 5.94. The summed E-state index contributed by atoms with van der Waals surface area (Å²) in [4.78, 5) is 3.97. The van der Waals surface area contributed by atoms with E-state index in [1.54, 1.807) is 29.1 Å². The number of fused-ring (bicyclic) bond motifs is 1. The quantitative estimate of drug-likeness (QED) is 0.725. The van der Waals surface area contributed by atoms with Crippen LogP contribution in [0, 0.1) is 0 Å². The van der Waals surface area contributed by atoms with E-state index in [1.165, 1.54) is 0 Å². The molecule has 0 atom stereocenters. The van der Waals surface area contributed by atoms with Crippen LogP contribution in [-0.4, -0.2) is 19.6 Å². The van der Waals surface area contributed by atoms with Crippen LogP contribution < -0.4 is 4.74 Å². The zero-order chi connectivity index (χ0) is 12.4. The molecule has 0 amide bonds. The van der Waals surface area contributed by atoms with Crippen molar-refractivity contribution in [1.82, 2.24) is 19.6 Å². The second-order valence-electron chi connectivity index (χ2n) is 3.67. The first-order valence-electron chi connectivity index (χ1n) is 5.35. The Hall–Kier alpha value is -2.14. The van der Waals surface area contributed by atoms with Gasteiger partial charge in [0.25, 0.3) is 0 Å². The van der Waals surface area contributed by atoms with Gasteiger partial charge in [0.05, 0.1) is 11.2 Å². The van der Waals surface area contributed by atoms with Gasteiger partial charge in [-0.25, -0.2) is 0 Å². The molecule has 0 unspecified atom stereocenters. The first kappa shape index (κ1) is 11.0. The molecule has 18 heavy (non-hydrogen) atoms. The van der Waals surface area contributed by atoms with Crippen LogP contribution in [0.3, 0.4) is 0 Å². The molecule has 3 aromatic rings. The lowest BCUT2D eigenvalue weighted by Crippen LogP contribution is -2.01. The molecule has 0 aliphatic heterocycles. The molecule has 0 saturated heterocycles. The fourth-order valence-electron chi connectivity index (χ4n) is 1.59. The average molecular weight is 261 g/mol. The molecular formula is C12H9ClN4O. The minimum Gasteiger partial charge on any atom is -0.484 e. The highest BCUT2D eigenvalue weighted by molar-refractivity contribution is 6.30. The van der Waals surface area contributed by atoms with E-state index in [1.807, 2.05) is 18.2 Å². The number of nitrogens with zero attached hydrogens (tertiary/aromatic N) is 4. The molecular weight excluding hydrogens is 252 g/mol. The molecule has 0 aromatic carbocycles. The maximum absolute atomic E-state index is 5.94. The molecule has 3 heterocycles. The Bertz CT molecular complexity index is 668. The molecule has 0 fully saturated rings. The first-order valence-corrected chi connectivity index (χ1v) is 5.73. The van der Waals surface area contributed by atoms with Crippen LogP contribution >= 0.6 is 11.6 Å². The largest absolute Gasteiger partial charge is 0.484 e. The molecule has 0 saturated carbocycles. The van der Waals surface area contributed by atoms with E-state index in [9.17, 15) is 0 Å². The van der Waals surface area contributed by atoms with Crippen LogP contribution in [-0.2, 0) is 6.61 Å². The van der Waals surface area contributed by atoms with Gasteiger partial charge in [-0.05, 0) is 24.3 Å². The highest BCUT2D eigenvalue weighted by atomic mass is 35.5. The van der Waals surface area contributed by atoms with Crippen LogP contribution in [0.15, 0.2) is 42.9 Å². The summed E-state index contributed by atoms with van der Waals surface area (Å²) < 4.78 is 7.37. The van der Waals surface area contributed by atoms with Crippen molar-refractivity contribution >= 4 is 17.2 Å². The highest BCUT2D eigenvalue weighted by Gasteiger charge is 2.06. The first-order chi connectivity index (χ1) is 8.83. The number of ether oxygens (including phenoxy) is 1. The van der Waals surface area contributed by atoms with E-state index in [-0.39, 0.29) is 0 Å². The van der Waals surface area contributed by atoms with Crippen LogP contribution in [0.1, 0.15) is 5.82 Å². The van der Waals surface area contributed by atoms with Gasteiger partial charge >= 0.3 is 0 Å². The summed E-state index contributed by atoms with van der Waals surface area (Å²) in [5.74, 6) is 1.38. The van der Waals surface area contributed by atoms with E-state index in [0.717, 1.165) is 5.65 Å². The summed E-state index contributed by atoms with van der Waals surface area (Å²) in [6, 6.07) is 7.23. The van der Waals surface area contributed by atoms with Gasteiger partial charge in [0, 0.05) is 12.4 Å². The molecule has 0 spiro atoms. The van der Waals surface area contributed by atoms with Gasteiger partial charge in [-0.15, -0.1) is 10.2 Å². The standard InChI is InChI=1S/C12H9ClN4O/c13-9-3-4-11-15-16-12(17(11)7-9)8-18-10-2-1-5-14-6-10/h1-7H,8H2. The number of aromatic nitrogens is 4. The summed E-state index contributed by atoms with van der Waals surface area (Å²) in [6.07, 6.45) is 5.11. The summed E-state index contributed by atoms with van der Waals surface area (Å²) in [5.41, 5.74) is 0.740. The van der Waals surface area contributed by atoms with Crippen LogP contribution in [0.5, 0.6) is 5.75 Å². The van der Waals surface area contributed by atoms with Crippen molar-refractivity contribution < 1.29 is 4.74 Å². The Kier molecular flexibility index (Phi) is 2.82. The Morgan fingerprint density at radius 1 is 1.22 bits per heavy atom. The van der Waals surface area contributed by atoms with Crippen molar-refractivity contribution in [1.29, 1.82) is 0 Å². The third kappa shape index (κ3) is 2.12. The fourth-order valence-corrected chi connectivity index (χ4v) is 1.75. The van der Waals surface area contributed by atoms with Gasteiger partial charge in [0.2, 0.25) is 0 Å². The molecule has 0 aliphatic rings. The van der Waals surface area contributed by atoms with Crippen LogP contribution in [0.2, 0.25) is 5.02 Å². The highest BCUT2D eigenvalue weighted by Crippen LogP contribution is 2.13. The van der Waals surface area contributed by atoms with E-state index in [2.05, 4.69) is 15.2 Å². The van der Waals surface area contributed by atoms with Crippen molar-refractivity contribution in [2.75, 3.05) is 0 Å². The molecule has 0 bridgehead atoms. The lowest BCUT2D eigenvalue weighted by atomic mass is 10.4. The lowest BCUT2D eigenvalue weighted by molar-refractivity contribution is 0.293. The van der Waals surface area contributed by atoms with E-state index in [4.69, 9.17) is 16.3 Å². The predicted octanol–water partition coefficient (Wildman–Crippen LogP) is 2.36. The summed E-state index contributed by atoms with van der Waals surface area (Å²) in [6.45, 7) is 0.313. The molecule has 90 valence electrons. The number of pyridine rings is 2. The monoisotopic (exact) mass is 260 g/mol. The molecule has 0 radical (unpaired) electrons. The van der Waals surface area contributed by atoms with Gasteiger partial charge in [0.15, 0.2) is 11.5 Å². The van der Waals surface area contributed by atoms with Crippen molar-refractivity contribution in [3.63, 3.8) is 0 Å². The molecule has 6 heteroatoms. The van der Waals surface area contributed by atoms with Crippen molar-refractivity contribution in [2.45, 2.75) is 6.61 Å². The van der Waals surface area contributed by atoms with E-state index >= 15 is 0 Å².